The summed E-state index contributed by atoms with van der Waals surface area (Å²) in [7, 11) is 0. The Morgan fingerprint density at radius 1 is 1.10 bits per heavy atom. The second-order valence-electron chi connectivity index (χ2n) is 7.81. The van der Waals surface area contributed by atoms with Crippen LogP contribution in [-0.4, -0.2) is 20.6 Å². The lowest BCUT2D eigenvalue weighted by atomic mass is 9.94. The van der Waals surface area contributed by atoms with E-state index in [4.69, 9.17) is 23.8 Å². The molecule has 1 saturated carbocycles. The number of thiocarbonyl (C=S) groups is 1. The lowest BCUT2D eigenvalue weighted by Gasteiger charge is -2.36. The summed E-state index contributed by atoms with van der Waals surface area (Å²) in [5, 5.41) is 6.30. The van der Waals surface area contributed by atoms with E-state index >= 15 is 0 Å². The molecule has 29 heavy (non-hydrogen) atoms. The van der Waals surface area contributed by atoms with Crippen molar-refractivity contribution in [2.75, 3.05) is 5.32 Å². The quantitative estimate of drug-likeness (QED) is 0.451. The number of nitrogens with zero attached hydrogens (tertiary/aromatic N) is 2. The number of fused-ring (bicyclic) bond motifs is 1. The van der Waals surface area contributed by atoms with Crippen LogP contribution in [0.25, 0.3) is 10.9 Å². The van der Waals surface area contributed by atoms with Crippen molar-refractivity contribution in [1.29, 1.82) is 0 Å². The zero-order chi connectivity index (χ0) is 20.2. The van der Waals surface area contributed by atoms with Gasteiger partial charge in [-0.25, -0.2) is 0 Å². The molecular weight excluding hydrogens is 398 g/mol. The number of aryl methyl sites for hydroxylation is 1. The van der Waals surface area contributed by atoms with E-state index in [1.807, 2.05) is 24.3 Å². The van der Waals surface area contributed by atoms with Crippen LogP contribution in [0.2, 0.25) is 5.02 Å². The second kappa shape index (κ2) is 9.19. The summed E-state index contributed by atoms with van der Waals surface area (Å²) in [4.78, 5) is 2.41. The molecule has 0 saturated heterocycles. The van der Waals surface area contributed by atoms with Crippen molar-refractivity contribution < 1.29 is 0 Å². The smallest absolute Gasteiger partial charge is 0.173 e. The van der Waals surface area contributed by atoms with Gasteiger partial charge in [0.1, 0.15) is 0 Å². The monoisotopic (exact) mass is 425 g/mol. The molecule has 1 fully saturated rings. The van der Waals surface area contributed by atoms with Gasteiger partial charge in [-0.1, -0.05) is 49.1 Å². The summed E-state index contributed by atoms with van der Waals surface area (Å²) in [6, 6.07) is 16.9. The maximum absolute atomic E-state index is 6.04. The molecule has 0 radical (unpaired) electrons. The van der Waals surface area contributed by atoms with Crippen LogP contribution in [0.1, 0.15) is 44.6 Å². The lowest BCUT2D eigenvalue weighted by molar-refractivity contribution is 0.241. The number of hydrogen-bond donors (Lipinski definition) is 1. The number of aromatic nitrogens is 1. The molecule has 4 rings (SSSR count). The lowest BCUT2D eigenvalue weighted by Crippen LogP contribution is -2.43. The third-order valence-electron chi connectivity index (χ3n) is 5.92. The molecule has 3 aromatic rings. The third-order valence-corrected chi connectivity index (χ3v) is 6.51. The fraction of sp³-hybridized carbons (Fsp3) is 0.375. The van der Waals surface area contributed by atoms with Gasteiger partial charge in [-0.15, -0.1) is 0 Å². The Labute approximate surface area is 183 Å². The number of hydrogen-bond acceptors (Lipinski definition) is 1. The van der Waals surface area contributed by atoms with Crippen molar-refractivity contribution in [2.24, 2.45) is 0 Å². The van der Waals surface area contributed by atoms with Crippen molar-refractivity contribution >= 4 is 45.5 Å². The summed E-state index contributed by atoms with van der Waals surface area (Å²) in [6.45, 7) is 4.00. The maximum atomic E-state index is 6.04. The molecule has 1 aliphatic carbocycles. The number of anilines is 1. The van der Waals surface area contributed by atoms with E-state index in [2.05, 4.69) is 52.2 Å². The van der Waals surface area contributed by atoms with Gasteiger partial charge in [0.05, 0.1) is 0 Å². The van der Waals surface area contributed by atoms with Crippen LogP contribution in [0, 0.1) is 0 Å². The highest BCUT2D eigenvalue weighted by atomic mass is 35.5. The summed E-state index contributed by atoms with van der Waals surface area (Å²) in [5.74, 6) is 0. The molecule has 0 unspecified atom stereocenters. The summed E-state index contributed by atoms with van der Waals surface area (Å²) < 4.78 is 2.33. The molecule has 2 aromatic carbocycles. The van der Waals surface area contributed by atoms with E-state index < -0.39 is 0 Å². The Morgan fingerprint density at radius 3 is 2.55 bits per heavy atom. The van der Waals surface area contributed by atoms with Crippen molar-refractivity contribution in [3.8, 4) is 0 Å². The molecule has 5 heteroatoms. The Bertz CT molecular complexity index is 973. The minimum Gasteiger partial charge on any atom is -0.347 e. The van der Waals surface area contributed by atoms with Crippen molar-refractivity contribution in [2.45, 2.75) is 58.2 Å². The first-order chi connectivity index (χ1) is 14.2. The van der Waals surface area contributed by atoms with Crippen molar-refractivity contribution in [3.63, 3.8) is 0 Å². The van der Waals surface area contributed by atoms with Gasteiger partial charge >= 0.3 is 0 Å². The van der Waals surface area contributed by atoms with Crippen molar-refractivity contribution in [1.82, 2.24) is 9.47 Å². The normalized spacial score (nSPS) is 14.8. The molecule has 0 atom stereocenters. The molecule has 0 amide bonds. The van der Waals surface area contributed by atoms with E-state index in [0.717, 1.165) is 28.9 Å². The average Bonchev–Trinajstić information content (AvgIpc) is 3.12. The topological polar surface area (TPSA) is 20.2 Å². The van der Waals surface area contributed by atoms with Crippen LogP contribution in [0.5, 0.6) is 0 Å². The first-order valence-corrected chi connectivity index (χ1v) is 11.3. The molecule has 1 N–H and O–H groups in total. The van der Waals surface area contributed by atoms with Crippen LogP contribution in [0.15, 0.2) is 54.7 Å². The van der Waals surface area contributed by atoms with Gasteiger partial charge in [0.15, 0.2) is 5.11 Å². The Morgan fingerprint density at radius 2 is 1.83 bits per heavy atom. The zero-order valence-electron chi connectivity index (χ0n) is 16.9. The van der Waals surface area contributed by atoms with Crippen LogP contribution < -0.4 is 5.32 Å². The largest absolute Gasteiger partial charge is 0.347 e. The highest BCUT2D eigenvalue weighted by Gasteiger charge is 2.25. The zero-order valence-corrected chi connectivity index (χ0v) is 18.5. The van der Waals surface area contributed by atoms with E-state index in [1.54, 1.807) is 0 Å². The number of rotatable bonds is 5. The highest BCUT2D eigenvalue weighted by molar-refractivity contribution is 7.80. The van der Waals surface area contributed by atoms with Gasteiger partial charge in [-0.2, -0.15) is 0 Å². The molecule has 1 heterocycles. The standard InChI is InChI=1S/C24H28ClN3S/c1-2-27-16-18(22-10-6-7-11-23(22)27)17-28(21-8-4-3-5-9-21)24(29)26-20-14-12-19(25)13-15-20/h6-7,10-16,21H,2-5,8-9,17H2,1H3,(H,26,29). The van der Waals surface area contributed by atoms with E-state index in [1.165, 1.54) is 48.6 Å². The maximum Gasteiger partial charge on any atom is 0.173 e. The fourth-order valence-corrected chi connectivity index (χ4v) is 4.84. The van der Waals surface area contributed by atoms with E-state index in [-0.39, 0.29) is 0 Å². The first kappa shape index (κ1) is 20.2. The summed E-state index contributed by atoms with van der Waals surface area (Å²) >= 11 is 11.9. The van der Waals surface area contributed by atoms with E-state index in [0.29, 0.717) is 6.04 Å². The molecule has 0 spiro atoms. The molecule has 0 bridgehead atoms. The second-order valence-corrected chi connectivity index (χ2v) is 8.64. The first-order valence-electron chi connectivity index (χ1n) is 10.6. The summed E-state index contributed by atoms with van der Waals surface area (Å²) in [6.07, 6.45) is 8.59. The highest BCUT2D eigenvalue weighted by Crippen LogP contribution is 2.28. The van der Waals surface area contributed by atoms with E-state index in [9.17, 15) is 0 Å². The predicted molar refractivity (Wildman–Crippen MR) is 128 cm³/mol. The van der Waals surface area contributed by atoms with Gasteiger partial charge < -0.3 is 14.8 Å². The van der Waals surface area contributed by atoms with Crippen LogP contribution >= 0.6 is 23.8 Å². The molecular formula is C24H28ClN3S. The minimum atomic E-state index is 0.486. The molecule has 3 nitrogen and oxygen atoms in total. The van der Waals surface area contributed by atoms with Gasteiger partial charge in [-0.3, -0.25) is 0 Å². The molecule has 0 aliphatic heterocycles. The Hall–Kier alpha value is -2.04. The number of halogens is 1. The Kier molecular flexibility index (Phi) is 6.41. The third kappa shape index (κ3) is 4.59. The number of nitrogens with one attached hydrogen (secondary N) is 1. The average molecular weight is 426 g/mol. The van der Waals surface area contributed by atoms with Gasteiger partial charge in [0.2, 0.25) is 0 Å². The summed E-state index contributed by atoms with van der Waals surface area (Å²) in [5.41, 5.74) is 3.62. The molecule has 152 valence electrons. The van der Waals surface area contributed by atoms with Crippen LogP contribution in [-0.2, 0) is 13.1 Å². The number of benzene rings is 2. The number of para-hydroxylation sites is 1. The molecule has 1 aliphatic rings. The Balaban J connectivity index is 1.62. The SMILES string of the molecule is CCn1cc(CN(C(=S)Nc2ccc(Cl)cc2)C2CCCCC2)c2ccccc21. The fourth-order valence-electron chi connectivity index (χ4n) is 4.38. The van der Waals surface area contributed by atoms with Crippen LogP contribution in [0.3, 0.4) is 0 Å². The van der Waals surface area contributed by atoms with Crippen LogP contribution in [0.4, 0.5) is 5.69 Å². The predicted octanol–water partition coefficient (Wildman–Crippen LogP) is 6.85. The van der Waals surface area contributed by atoms with Gasteiger partial charge in [0, 0.05) is 46.9 Å². The van der Waals surface area contributed by atoms with Gasteiger partial charge in [-0.05, 0) is 67.9 Å². The van der Waals surface area contributed by atoms with Gasteiger partial charge in [0.25, 0.3) is 0 Å². The van der Waals surface area contributed by atoms with Crippen molar-refractivity contribution in [3.05, 3.63) is 65.3 Å². The minimum absolute atomic E-state index is 0.486. The molecule has 1 aromatic heterocycles.